The molecule has 0 bridgehead atoms. The van der Waals surface area contributed by atoms with E-state index in [4.69, 9.17) is 4.74 Å². The molecule has 152 valence electrons. The summed E-state index contributed by atoms with van der Waals surface area (Å²) in [4.78, 5) is 26.0. The maximum Gasteiger partial charge on any atom is 0.274 e. The van der Waals surface area contributed by atoms with Crippen molar-refractivity contribution in [1.29, 1.82) is 0 Å². The Hall–Kier alpha value is -3.22. The van der Waals surface area contributed by atoms with Crippen LogP contribution in [0.2, 0.25) is 0 Å². The highest BCUT2D eigenvalue weighted by Crippen LogP contribution is 2.14. The van der Waals surface area contributed by atoms with Crippen LogP contribution in [0.4, 0.5) is 4.39 Å². The Balaban J connectivity index is 1.53. The molecule has 1 aliphatic heterocycles. The van der Waals surface area contributed by atoms with Crippen molar-refractivity contribution in [3.05, 3.63) is 65.5 Å². The minimum absolute atomic E-state index is 0.00220. The molecule has 2 aromatic rings. The molecule has 0 aromatic heterocycles. The summed E-state index contributed by atoms with van der Waals surface area (Å²) < 4.78 is 19.2. The number of carbonyl (C=O) groups excluding carboxylic acids is 2. The van der Waals surface area contributed by atoms with Crippen LogP contribution in [0.5, 0.6) is 5.75 Å². The first-order chi connectivity index (χ1) is 14.0. The van der Waals surface area contributed by atoms with Crippen LogP contribution in [0.1, 0.15) is 42.1 Å². The second-order valence-electron chi connectivity index (χ2n) is 6.87. The second-order valence-corrected chi connectivity index (χ2v) is 6.87. The summed E-state index contributed by atoms with van der Waals surface area (Å²) >= 11 is 0. The quantitative estimate of drug-likeness (QED) is 0.600. The number of benzene rings is 2. The summed E-state index contributed by atoms with van der Waals surface area (Å²) in [6.07, 6.45) is 3.27. The monoisotopic (exact) mass is 397 g/mol. The normalized spacial score (nSPS) is 14.4. The van der Waals surface area contributed by atoms with E-state index in [1.165, 1.54) is 24.6 Å². The molecule has 0 atom stereocenters. The zero-order valence-corrected chi connectivity index (χ0v) is 16.4. The molecular weight excluding hydrogens is 373 g/mol. The summed E-state index contributed by atoms with van der Waals surface area (Å²) in [6, 6.07) is 12.8. The molecule has 1 aliphatic rings. The van der Waals surface area contributed by atoms with Crippen molar-refractivity contribution < 1.29 is 18.7 Å². The Labute approximate surface area is 169 Å². The number of piperidine rings is 1. The lowest BCUT2D eigenvalue weighted by atomic mass is 10.1. The van der Waals surface area contributed by atoms with E-state index in [-0.39, 0.29) is 18.1 Å². The second kappa shape index (κ2) is 9.82. The Morgan fingerprint density at radius 2 is 1.76 bits per heavy atom. The van der Waals surface area contributed by atoms with E-state index in [1.54, 1.807) is 37.3 Å². The van der Waals surface area contributed by atoms with Gasteiger partial charge in [-0.25, -0.2) is 9.82 Å². The number of ether oxygens (including phenoxy) is 1. The molecule has 1 heterocycles. The number of carbonyl (C=O) groups is 2. The van der Waals surface area contributed by atoms with Gasteiger partial charge in [0.1, 0.15) is 11.6 Å². The zero-order chi connectivity index (χ0) is 20.6. The van der Waals surface area contributed by atoms with Crippen LogP contribution >= 0.6 is 0 Å². The van der Waals surface area contributed by atoms with Crippen LogP contribution in [-0.4, -0.2) is 42.1 Å². The fourth-order valence-corrected chi connectivity index (χ4v) is 3.08. The topological polar surface area (TPSA) is 71.0 Å². The number of nitrogens with zero attached hydrogens (tertiary/aromatic N) is 2. The Morgan fingerprint density at radius 3 is 2.45 bits per heavy atom. The molecule has 1 N–H and O–H groups in total. The third-order valence-corrected chi connectivity index (χ3v) is 4.79. The van der Waals surface area contributed by atoms with E-state index >= 15 is 0 Å². The van der Waals surface area contributed by atoms with E-state index in [0.717, 1.165) is 31.5 Å². The lowest BCUT2D eigenvalue weighted by Gasteiger charge is -2.26. The number of hydrogen-bond donors (Lipinski definition) is 1. The fourth-order valence-electron chi connectivity index (χ4n) is 3.08. The Bertz CT molecular complexity index is 890. The molecule has 3 rings (SSSR count). The molecule has 0 radical (unpaired) electrons. The summed E-state index contributed by atoms with van der Waals surface area (Å²) in [5, 5.41) is 4.03. The maximum absolute atomic E-state index is 13.6. The summed E-state index contributed by atoms with van der Waals surface area (Å²) in [6.45, 7) is 3.35. The van der Waals surface area contributed by atoms with Crippen LogP contribution < -0.4 is 10.2 Å². The van der Waals surface area contributed by atoms with E-state index in [0.29, 0.717) is 11.5 Å². The van der Waals surface area contributed by atoms with E-state index in [1.807, 2.05) is 4.90 Å². The van der Waals surface area contributed by atoms with Gasteiger partial charge in [0.15, 0.2) is 6.61 Å². The van der Waals surface area contributed by atoms with Gasteiger partial charge < -0.3 is 9.64 Å². The van der Waals surface area contributed by atoms with Crippen LogP contribution in [0.15, 0.2) is 53.6 Å². The molecule has 2 amide bonds. The third-order valence-electron chi connectivity index (χ3n) is 4.79. The number of hydrazone groups is 1. The zero-order valence-electron chi connectivity index (χ0n) is 16.4. The van der Waals surface area contributed by atoms with Crippen molar-refractivity contribution in [3.8, 4) is 5.75 Å². The van der Waals surface area contributed by atoms with Gasteiger partial charge in [-0.3, -0.25) is 9.59 Å². The van der Waals surface area contributed by atoms with Crippen molar-refractivity contribution in [3.63, 3.8) is 0 Å². The van der Waals surface area contributed by atoms with Crippen molar-refractivity contribution >= 4 is 17.5 Å². The van der Waals surface area contributed by atoms with Gasteiger partial charge in [0.05, 0.1) is 11.3 Å². The number of hydrogen-bond acceptors (Lipinski definition) is 4. The maximum atomic E-state index is 13.6. The number of rotatable bonds is 6. The van der Waals surface area contributed by atoms with Gasteiger partial charge in [-0.05, 0) is 68.1 Å². The smallest absolute Gasteiger partial charge is 0.274 e. The number of halogens is 1. The van der Waals surface area contributed by atoms with Crippen LogP contribution in [-0.2, 0) is 4.79 Å². The predicted octanol–water partition coefficient (Wildman–Crippen LogP) is 3.37. The average molecular weight is 397 g/mol. The van der Waals surface area contributed by atoms with Gasteiger partial charge >= 0.3 is 0 Å². The van der Waals surface area contributed by atoms with E-state index in [9.17, 15) is 14.0 Å². The fraction of sp³-hybridized carbons (Fsp3) is 0.318. The van der Waals surface area contributed by atoms with E-state index < -0.39 is 11.7 Å². The first-order valence-corrected chi connectivity index (χ1v) is 9.65. The van der Waals surface area contributed by atoms with Gasteiger partial charge in [-0.15, -0.1) is 0 Å². The number of nitrogens with one attached hydrogen (secondary N) is 1. The van der Waals surface area contributed by atoms with Crippen LogP contribution in [0, 0.1) is 5.82 Å². The first kappa shape index (κ1) is 20.5. The van der Waals surface area contributed by atoms with Gasteiger partial charge in [-0.2, -0.15) is 5.10 Å². The molecule has 0 spiro atoms. The molecule has 0 unspecified atom stereocenters. The lowest BCUT2D eigenvalue weighted by Crippen LogP contribution is -2.38. The minimum atomic E-state index is -0.612. The van der Waals surface area contributed by atoms with Crippen molar-refractivity contribution in [1.82, 2.24) is 10.3 Å². The number of amides is 2. The molecule has 7 heteroatoms. The van der Waals surface area contributed by atoms with E-state index in [2.05, 4.69) is 10.5 Å². The van der Waals surface area contributed by atoms with Gasteiger partial charge in [-0.1, -0.05) is 12.1 Å². The van der Waals surface area contributed by atoms with Gasteiger partial charge in [0.2, 0.25) is 0 Å². The molecule has 6 nitrogen and oxygen atoms in total. The molecule has 0 saturated carbocycles. The molecule has 2 aromatic carbocycles. The summed E-state index contributed by atoms with van der Waals surface area (Å²) in [7, 11) is 0. The van der Waals surface area contributed by atoms with Crippen molar-refractivity contribution in [2.24, 2.45) is 5.10 Å². The Morgan fingerprint density at radius 1 is 1.07 bits per heavy atom. The standard InChI is InChI=1S/C22H24FN3O3/c1-16(24-25-22(28)19-7-3-4-8-20(19)23)17-9-11-18(12-10-17)29-15-21(27)26-13-5-2-6-14-26/h3-4,7-12H,2,5-6,13-15H2,1H3,(H,25,28)/b24-16-. The molecule has 0 aliphatic carbocycles. The molecule has 1 saturated heterocycles. The van der Waals surface area contributed by atoms with Crippen molar-refractivity contribution in [2.75, 3.05) is 19.7 Å². The number of likely N-dealkylation sites (tertiary alicyclic amines) is 1. The largest absolute Gasteiger partial charge is 0.484 e. The highest BCUT2D eigenvalue weighted by Gasteiger charge is 2.16. The highest BCUT2D eigenvalue weighted by atomic mass is 19.1. The Kier molecular flexibility index (Phi) is 6.94. The first-order valence-electron chi connectivity index (χ1n) is 9.65. The predicted molar refractivity (Wildman–Crippen MR) is 108 cm³/mol. The van der Waals surface area contributed by atoms with Crippen LogP contribution in [0.25, 0.3) is 0 Å². The molecular formula is C22H24FN3O3. The third kappa shape index (κ3) is 5.63. The van der Waals surface area contributed by atoms with Gasteiger partial charge in [0, 0.05) is 13.1 Å². The van der Waals surface area contributed by atoms with Crippen LogP contribution in [0.3, 0.4) is 0 Å². The molecule has 29 heavy (non-hydrogen) atoms. The highest BCUT2D eigenvalue weighted by molar-refractivity contribution is 6.01. The van der Waals surface area contributed by atoms with Gasteiger partial charge in [0.25, 0.3) is 11.8 Å². The minimum Gasteiger partial charge on any atom is -0.484 e. The van der Waals surface area contributed by atoms with Crippen molar-refractivity contribution in [2.45, 2.75) is 26.2 Å². The molecule has 1 fully saturated rings. The summed E-state index contributed by atoms with van der Waals surface area (Å²) in [5.41, 5.74) is 3.63. The lowest BCUT2D eigenvalue weighted by molar-refractivity contribution is -0.134. The average Bonchev–Trinajstić information content (AvgIpc) is 2.77. The SMILES string of the molecule is C/C(=N/NC(=O)c1ccccc1F)c1ccc(OCC(=O)N2CCCCC2)cc1. The summed E-state index contributed by atoms with van der Waals surface area (Å²) in [5.74, 6) is -0.623.